The Labute approximate surface area is 320 Å². The summed E-state index contributed by atoms with van der Waals surface area (Å²) in [6.07, 6.45) is 6.42. The molecule has 0 saturated heterocycles. The molecule has 6 N–H and O–H groups in total. The number of amides is 5. The topological polar surface area (TPSA) is 233 Å². The highest BCUT2D eigenvalue weighted by molar-refractivity contribution is 6.23. The van der Waals surface area contributed by atoms with Crippen LogP contribution in [-0.2, 0) is 43.0 Å². The second-order valence-electron chi connectivity index (χ2n) is 13.8. The highest BCUT2D eigenvalue weighted by Gasteiger charge is 2.33. The first-order chi connectivity index (χ1) is 26.1. The minimum Gasteiger partial charge on any atom is -0.439 e. The summed E-state index contributed by atoms with van der Waals surface area (Å²) in [5.41, 5.74) is 6.15. The van der Waals surface area contributed by atoms with Gasteiger partial charge in [0.25, 0.3) is 17.7 Å². The zero-order chi connectivity index (χ0) is 40.8. The Hall–Kier alpha value is -5.19. The molecule has 0 radical (unpaired) electrons. The number of nitrogens with one attached hydrogen (secondary N) is 3. The number of nitrogens with two attached hydrogens (primary N) is 1. The number of carbonyl (C=O) groups excluding carboxylic acids is 7. The average Bonchev–Trinajstić information content (AvgIpc) is 3.45. The van der Waals surface area contributed by atoms with E-state index in [1.54, 1.807) is 26.0 Å². The van der Waals surface area contributed by atoms with Gasteiger partial charge in [0.05, 0.1) is 23.6 Å². The third kappa shape index (κ3) is 12.7. The number of rotatable bonds is 12. The Morgan fingerprint density at radius 1 is 1.02 bits per heavy atom. The van der Waals surface area contributed by atoms with E-state index in [1.807, 2.05) is 6.92 Å². The summed E-state index contributed by atoms with van der Waals surface area (Å²) in [6.45, 7) is 7.49. The fourth-order valence-corrected chi connectivity index (χ4v) is 6.45. The SMILES string of the molecule is CO[C@H]1C[C@@H](C)CC2=C(NCCCNC(=O)CCCN3C(=O)C=CC3=O)C(=O)C=C(NC(=O)/C(C)=C/C=C\[C@@H](OC)[C@@H](OC(N)=O)/C(C)=C/[C@H](C)[C@@H]1O)C2=O. The molecule has 16 nitrogen and oxygen atoms in total. The molecule has 2 heterocycles. The van der Waals surface area contributed by atoms with Crippen LogP contribution in [0.4, 0.5) is 4.79 Å². The molecule has 2 bridgehead atoms. The minimum absolute atomic E-state index is 0.0726. The zero-order valence-corrected chi connectivity index (χ0v) is 32.2. The molecule has 0 aromatic carbocycles. The number of methoxy groups -OCH3 is 2. The molecule has 0 fully saturated rings. The van der Waals surface area contributed by atoms with Gasteiger partial charge >= 0.3 is 6.09 Å². The van der Waals surface area contributed by atoms with Gasteiger partial charge in [0.15, 0.2) is 6.10 Å². The molecule has 0 saturated carbocycles. The molecule has 0 aromatic rings. The number of aliphatic hydroxyl groups is 1. The molecule has 3 aliphatic rings. The number of allylic oxidation sites excluding steroid dienone is 4. The van der Waals surface area contributed by atoms with Gasteiger partial charge in [-0.1, -0.05) is 38.2 Å². The van der Waals surface area contributed by atoms with Crippen molar-refractivity contribution in [3.63, 3.8) is 0 Å². The van der Waals surface area contributed by atoms with Crippen LogP contribution < -0.4 is 21.7 Å². The minimum atomic E-state index is -1.03. The van der Waals surface area contributed by atoms with Gasteiger partial charge in [-0.15, -0.1) is 0 Å². The highest BCUT2D eigenvalue weighted by atomic mass is 16.6. The van der Waals surface area contributed by atoms with Gasteiger partial charge in [0.2, 0.25) is 17.5 Å². The van der Waals surface area contributed by atoms with E-state index < -0.39 is 65.7 Å². The lowest BCUT2D eigenvalue weighted by atomic mass is 9.85. The van der Waals surface area contributed by atoms with Crippen LogP contribution in [0, 0.1) is 11.8 Å². The summed E-state index contributed by atoms with van der Waals surface area (Å²) in [7, 11) is 2.88. The Kier molecular flexibility index (Phi) is 16.9. The Balaban J connectivity index is 1.81. The number of hydrogen-bond acceptors (Lipinski definition) is 12. The number of imide groups is 1. The van der Waals surface area contributed by atoms with Gasteiger partial charge < -0.3 is 41.0 Å². The smallest absolute Gasteiger partial charge is 0.405 e. The fraction of sp³-hybridized carbons (Fsp3) is 0.513. The van der Waals surface area contributed by atoms with E-state index >= 15 is 0 Å². The second-order valence-corrected chi connectivity index (χ2v) is 13.8. The van der Waals surface area contributed by atoms with E-state index in [9.17, 15) is 38.7 Å². The van der Waals surface area contributed by atoms with E-state index in [-0.39, 0.29) is 73.3 Å². The summed E-state index contributed by atoms with van der Waals surface area (Å²) < 4.78 is 16.7. The maximum Gasteiger partial charge on any atom is 0.405 e. The molecule has 0 aromatic heterocycles. The lowest BCUT2D eigenvalue weighted by molar-refractivity contribution is -0.137. The van der Waals surface area contributed by atoms with Crippen LogP contribution in [0.3, 0.4) is 0 Å². The number of carbonyl (C=O) groups is 7. The predicted octanol–water partition coefficient (Wildman–Crippen LogP) is 1.56. The number of hydrogen-bond donors (Lipinski definition) is 5. The van der Waals surface area contributed by atoms with Crippen LogP contribution in [0.15, 0.2) is 70.6 Å². The maximum absolute atomic E-state index is 13.9. The van der Waals surface area contributed by atoms with Gasteiger partial charge in [0.1, 0.15) is 6.10 Å². The quantitative estimate of drug-likeness (QED) is 0.0825. The van der Waals surface area contributed by atoms with Crippen LogP contribution >= 0.6 is 0 Å². The first-order valence-corrected chi connectivity index (χ1v) is 18.2. The van der Waals surface area contributed by atoms with Gasteiger partial charge in [-0.25, -0.2) is 4.79 Å². The van der Waals surface area contributed by atoms with E-state index in [2.05, 4.69) is 16.0 Å². The number of fused-ring (bicyclic) bond motifs is 2. The largest absolute Gasteiger partial charge is 0.439 e. The number of aliphatic hydroxyl groups excluding tert-OH is 1. The Morgan fingerprint density at radius 3 is 2.35 bits per heavy atom. The number of ketones is 2. The third-order valence-corrected chi connectivity index (χ3v) is 9.46. The molecule has 5 amide bonds. The number of ether oxygens (including phenoxy) is 3. The van der Waals surface area contributed by atoms with E-state index in [4.69, 9.17) is 19.9 Å². The fourth-order valence-electron chi connectivity index (χ4n) is 6.45. The van der Waals surface area contributed by atoms with Crippen LogP contribution in [0.25, 0.3) is 0 Å². The van der Waals surface area contributed by atoms with Gasteiger partial charge in [-0.3, -0.25) is 33.7 Å². The monoisotopic (exact) mass is 767 g/mol. The lowest BCUT2D eigenvalue weighted by Crippen LogP contribution is -2.38. The van der Waals surface area contributed by atoms with Crippen LogP contribution in [0.1, 0.15) is 59.8 Å². The molecule has 0 spiro atoms. The van der Waals surface area contributed by atoms with Crippen molar-refractivity contribution >= 4 is 41.3 Å². The maximum atomic E-state index is 13.9. The van der Waals surface area contributed by atoms with Crippen LogP contribution in [0.5, 0.6) is 0 Å². The summed E-state index contributed by atoms with van der Waals surface area (Å²) in [4.78, 5) is 89.2. The summed E-state index contributed by atoms with van der Waals surface area (Å²) in [6, 6.07) is 0. The Bertz CT molecular complexity index is 1670. The van der Waals surface area contributed by atoms with Crippen LogP contribution in [0.2, 0.25) is 0 Å². The normalized spacial score (nSPS) is 28.2. The van der Waals surface area contributed by atoms with Gasteiger partial charge in [-0.2, -0.15) is 0 Å². The predicted molar refractivity (Wildman–Crippen MR) is 200 cm³/mol. The molecular weight excluding hydrogens is 714 g/mol. The van der Waals surface area contributed by atoms with E-state index in [0.717, 1.165) is 11.0 Å². The van der Waals surface area contributed by atoms with Crippen molar-refractivity contribution in [1.82, 2.24) is 20.9 Å². The van der Waals surface area contributed by atoms with Crippen molar-refractivity contribution in [3.8, 4) is 0 Å². The van der Waals surface area contributed by atoms with Crippen LogP contribution in [-0.4, -0.2) is 110 Å². The summed E-state index contributed by atoms with van der Waals surface area (Å²) >= 11 is 0. The molecule has 2 aliphatic heterocycles. The lowest BCUT2D eigenvalue weighted by Gasteiger charge is -2.30. The molecule has 0 unspecified atom stereocenters. The van der Waals surface area contributed by atoms with Crippen molar-refractivity contribution in [3.05, 3.63) is 70.6 Å². The number of nitrogens with zero attached hydrogens (tertiary/aromatic N) is 1. The highest BCUT2D eigenvalue weighted by Crippen LogP contribution is 2.29. The molecule has 1 aliphatic carbocycles. The molecule has 300 valence electrons. The van der Waals surface area contributed by atoms with Crippen molar-refractivity contribution in [2.24, 2.45) is 17.6 Å². The zero-order valence-electron chi connectivity index (χ0n) is 32.2. The van der Waals surface area contributed by atoms with Gasteiger partial charge in [0, 0.05) is 75.6 Å². The first-order valence-electron chi connectivity index (χ1n) is 18.2. The third-order valence-electron chi connectivity index (χ3n) is 9.46. The van der Waals surface area contributed by atoms with Crippen molar-refractivity contribution < 1.29 is 52.9 Å². The number of Topliss-reactive ketones (excluding diaryl/α,β-unsaturated/α-hetero) is 1. The van der Waals surface area contributed by atoms with Crippen molar-refractivity contribution in [2.45, 2.75) is 84.2 Å². The van der Waals surface area contributed by atoms with E-state index in [0.29, 0.717) is 18.4 Å². The molecule has 55 heavy (non-hydrogen) atoms. The second kappa shape index (κ2) is 21.0. The Morgan fingerprint density at radius 2 is 1.71 bits per heavy atom. The van der Waals surface area contributed by atoms with Crippen molar-refractivity contribution in [1.29, 1.82) is 0 Å². The summed E-state index contributed by atoms with van der Waals surface area (Å²) in [5.74, 6) is -3.56. The summed E-state index contributed by atoms with van der Waals surface area (Å²) in [5, 5.41) is 19.8. The standard InChI is InChI=1S/C39H53N5O11/c1-22-18-26-34(42-16-9-15-41-31(46)12-8-17-44-32(47)13-14-33(44)48)28(45)21-27(36(26)50)43-38(51)23(2)10-7-11-29(53-5)37(55-39(40)52)25(4)20-24(3)35(49)30(19-22)54-6/h7,10-11,13-14,20-22,24,29-30,35,37,42,49H,8-9,12,15-19H2,1-6H3,(H2,40,52)(H,41,46)(H,43,51)/b11-7-,23-10+,25-20+/t22-,24-,29+,30-,35-,37-/m0/s1. The molecule has 6 atom stereocenters. The number of primary amides is 1. The van der Waals surface area contributed by atoms with Crippen molar-refractivity contribution in [2.75, 3.05) is 33.9 Å². The molecular formula is C39H53N5O11. The average molecular weight is 768 g/mol. The van der Waals surface area contributed by atoms with Gasteiger partial charge in [-0.05, 0) is 51.0 Å². The first kappa shape index (κ1) is 44.2. The van der Waals surface area contributed by atoms with E-state index in [1.165, 1.54) is 45.4 Å². The molecule has 3 rings (SSSR count). The molecule has 16 heteroatoms.